The highest BCUT2D eigenvalue weighted by atomic mass is 16.5. The number of amides is 5. The van der Waals surface area contributed by atoms with E-state index >= 15 is 0 Å². The van der Waals surface area contributed by atoms with Crippen molar-refractivity contribution < 1.29 is 52.5 Å². The quantitative estimate of drug-likeness (QED) is 0.0713. The predicted octanol–water partition coefficient (Wildman–Crippen LogP) is 6.58. The number of aryl methyl sites for hydroxylation is 2. The van der Waals surface area contributed by atoms with E-state index < -0.39 is 5.91 Å². The van der Waals surface area contributed by atoms with Crippen LogP contribution in [0.4, 0.5) is 11.4 Å². The van der Waals surface area contributed by atoms with Crippen LogP contribution in [-0.2, 0) is 58.1 Å². The third kappa shape index (κ3) is 11.1. The molecule has 3 N–H and O–H groups in total. The van der Waals surface area contributed by atoms with Gasteiger partial charge in [-0.25, -0.2) is 0 Å². The first-order chi connectivity index (χ1) is 35.4. The molecule has 73 heavy (non-hydrogen) atoms. The van der Waals surface area contributed by atoms with Crippen molar-refractivity contribution in [3.05, 3.63) is 141 Å². The third-order valence-corrected chi connectivity index (χ3v) is 14.1. The number of Topliss-reactive ketones (excluding diaryl/α,β-unsaturated/α-hetero) is 2. The Morgan fingerprint density at radius 2 is 1.07 bits per heavy atom. The second-order valence-electron chi connectivity index (χ2n) is 18.8. The predicted molar refractivity (Wildman–Crippen MR) is 272 cm³/mol. The molecule has 0 aromatic heterocycles. The molecule has 378 valence electrons. The molecule has 5 aromatic rings. The van der Waals surface area contributed by atoms with Gasteiger partial charge in [0.2, 0.25) is 17.7 Å². The summed E-state index contributed by atoms with van der Waals surface area (Å²) >= 11 is 0. The van der Waals surface area contributed by atoms with Crippen molar-refractivity contribution in [2.75, 3.05) is 44.2 Å². The zero-order valence-corrected chi connectivity index (χ0v) is 41.3. The lowest BCUT2D eigenvalue weighted by atomic mass is 9.99. The molecule has 2 atom stereocenters. The molecule has 9 rings (SSSR count). The van der Waals surface area contributed by atoms with Crippen molar-refractivity contribution in [3.63, 3.8) is 0 Å². The van der Waals surface area contributed by atoms with Gasteiger partial charge in [0, 0.05) is 85.8 Å². The number of anilines is 2. The number of para-hydroxylation sites is 2. The lowest BCUT2D eigenvalue weighted by Crippen LogP contribution is -2.36. The number of rotatable bonds is 20. The van der Waals surface area contributed by atoms with Gasteiger partial charge in [-0.05, 0) is 127 Å². The maximum absolute atomic E-state index is 14.1. The lowest BCUT2D eigenvalue weighted by Gasteiger charge is -2.23. The summed E-state index contributed by atoms with van der Waals surface area (Å²) < 4.78 is 24.5. The largest absolute Gasteiger partial charge is 0.493 e. The second kappa shape index (κ2) is 22.2. The Balaban J connectivity index is 0.905. The van der Waals surface area contributed by atoms with Gasteiger partial charge < -0.3 is 44.7 Å². The van der Waals surface area contributed by atoms with Gasteiger partial charge in [-0.15, -0.1) is 0 Å². The standard InChI is InChI=1S/C57H59N5O11/c1-58-53(65)20-21-59-54(66)18-16-43(63)31-60-55(67)19-17-48(64)40-23-34(32-72-51-27-36-12-14-41-25-38-8-4-6-10-46(38)61(41)56(68)44(36)29-49(51)70-2)22-35(24-40)33-73-52-28-37-13-15-42-26-39-9-5-7-11-47(39)62(42)57(69)45(37)30-50(52)71-3/h4-11,22-24,27-30,41-42H,12-21,25-26,31-33H2,1-3H3,(H,58,65)(H,59,66)(H,60,67)/t41-,42-/m1/s1. The van der Waals surface area contributed by atoms with E-state index in [-0.39, 0.29) is 106 Å². The Labute approximate surface area is 423 Å². The number of hydrogen-bond donors (Lipinski definition) is 3. The van der Waals surface area contributed by atoms with E-state index in [1.165, 1.54) is 21.3 Å². The number of hydrogen-bond acceptors (Lipinski definition) is 11. The molecule has 0 spiro atoms. The van der Waals surface area contributed by atoms with Crippen LogP contribution in [0.2, 0.25) is 0 Å². The topological polar surface area (TPSA) is 199 Å². The van der Waals surface area contributed by atoms with Crippen LogP contribution in [0, 0.1) is 0 Å². The average Bonchev–Trinajstić information content (AvgIpc) is 3.90. The van der Waals surface area contributed by atoms with Gasteiger partial charge in [-0.3, -0.25) is 33.6 Å². The number of nitrogens with one attached hydrogen (secondary N) is 3. The van der Waals surface area contributed by atoms with Crippen LogP contribution >= 0.6 is 0 Å². The molecule has 0 saturated carbocycles. The molecular weight excluding hydrogens is 931 g/mol. The second-order valence-corrected chi connectivity index (χ2v) is 18.8. The number of carbonyl (C=O) groups excluding carboxylic acids is 7. The number of nitrogens with zero attached hydrogens (tertiary/aromatic N) is 2. The first-order valence-electron chi connectivity index (χ1n) is 24.8. The molecule has 4 heterocycles. The third-order valence-electron chi connectivity index (χ3n) is 14.1. The molecule has 5 aromatic carbocycles. The van der Waals surface area contributed by atoms with E-state index in [1.54, 1.807) is 24.3 Å². The van der Waals surface area contributed by atoms with Crippen molar-refractivity contribution in [2.24, 2.45) is 0 Å². The average molecular weight is 990 g/mol. The summed E-state index contributed by atoms with van der Waals surface area (Å²) in [7, 11) is 4.55. The summed E-state index contributed by atoms with van der Waals surface area (Å²) in [6.07, 6.45) is 4.04. The van der Waals surface area contributed by atoms with Crippen LogP contribution in [0.3, 0.4) is 0 Å². The molecule has 5 amide bonds. The van der Waals surface area contributed by atoms with E-state index in [0.29, 0.717) is 63.7 Å². The van der Waals surface area contributed by atoms with Crippen LogP contribution in [0.25, 0.3) is 0 Å². The zero-order chi connectivity index (χ0) is 51.2. The molecule has 0 unspecified atom stereocenters. The lowest BCUT2D eigenvalue weighted by molar-refractivity contribution is -0.127. The van der Waals surface area contributed by atoms with Crippen LogP contribution in [0.15, 0.2) is 91.0 Å². The Bertz CT molecular complexity index is 2850. The van der Waals surface area contributed by atoms with E-state index in [1.807, 2.05) is 64.4 Å². The molecule has 0 aliphatic carbocycles. The highest BCUT2D eigenvalue weighted by molar-refractivity contribution is 6.10. The highest BCUT2D eigenvalue weighted by Crippen LogP contribution is 2.43. The van der Waals surface area contributed by atoms with E-state index in [0.717, 1.165) is 59.3 Å². The Morgan fingerprint density at radius 3 is 1.59 bits per heavy atom. The van der Waals surface area contributed by atoms with Gasteiger partial charge >= 0.3 is 0 Å². The number of carbonyl (C=O) groups is 7. The number of benzene rings is 5. The Kier molecular flexibility index (Phi) is 15.2. The minimum absolute atomic E-state index is 0.0130. The monoisotopic (exact) mass is 989 g/mol. The minimum atomic E-state index is -0.503. The molecular formula is C57H59N5O11. The summed E-state index contributed by atoms with van der Waals surface area (Å²) in [4.78, 5) is 94.9. The van der Waals surface area contributed by atoms with Crippen LogP contribution in [0.5, 0.6) is 23.0 Å². The summed E-state index contributed by atoms with van der Waals surface area (Å²) in [5.41, 5.74) is 8.58. The van der Waals surface area contributed by atoms with Crippen molar-refractivity contribution in [1.82, 2.24) is 16.0 Å². The minimum Gasteiger partial charge on any atom is -0.493 e. The van der Waals surface area contributed by atoms with Gasteiger partial charge in [0.05, 0.1) is 20.8 Å². The van der Waals surface area contributed by atoms with E-state index in [2.05, 4.69) is 28.1 Å². The van der Waals surface area contributed by atoms with Gasteiger partial charge in [0.25, 0.3) is 11.8 Å². The molecule has 0 bridgehead atoms. The molecule has 16 nitrogen and oxygen atoms in total. The smallest absolute Gasteiger partial charge is 0.258 e. The molecule has 0 radical (unpaired) electrons. The summed E-state index contributed by atoms with van der Waals surface area (Å²) in [6.45, 7) is -0.127. The summed E-state index contributed by atoms with van der Waals surface area (Å²) in [5.74, 6) is -0.299. The number of fused-ring (bicyclic) bond motifs is 8. The number of methoxy groups -OCH3 is 2. The fourth-order valence-corrected chi connectivity index (χ4v) is 10.3. The van der Waals surface area contributed by atoms with Crippen LogP contribution in [0.1, 0.15) is 109 Å². The maximum atomic E-state index is 14.1. The van der Waals surface area contributed by atoms with Crippen LogP contribution < -0.4 is 44.7 Å². The maximum Gasteiger partial charge on any atom is 0.258 e. The molecule has 4 aliphatic rings. The van der Waals surface area contributed by atoms with Gasteiger partial charge in [0.1, 0.15) is 13.2 Å². The molecule has 16 heteroatoms. The number of ether oxygens (including phenoxy) is 4. The first kappa shape index (κ1) is 50.0. The first-order valence-corrected chi connectivity index (χ1v) is 24.8. The van der Waals surface area contributed by atoms with Crippen LogP contribution in [-0.4, -0.2) is 87.5 Å². The van der Waals surface area contributed by atoms with Crippen molar-refractivity contribution >= 4 is 52.5 Å². The SMILES string of the molecule is CNC(=O)CCNC(=O)CCC(=O)CNC(=O)CCC(=O)c1cc(COc2cc3c(cc2OC)C(=O)N2c4ccccc4C[C@H]2CC3)cc(COc2cc3c(cc2OC)C(=O)N2c4ccccc4C[C@H]2CC3)c1. The van der Waals surface area contributed by atoms with Gasteiger partial charge in [-0.1, -0.05) is 36.4 Å². The van der Waals surface area contributed by atoms with E-state index in [9.17, 15) is 33.6 Å². The van der Waals surface area contributed by atoms with Gasteiger partial charge in [0.15, 0.2) is 34.6 Å². The summed E-state index contributed by atoms with van der Waals surface area (Å²) in [5, 5.41) is 7.60. The Hall–Kier alpha value is -8.01. The van der Waals surface area contributed by atoms with Gasteiger partial charge in [-0.2, -0.15) is 0 Å². The molecule has 0 fully saturated rings. The van der Waals surface area contributed by atoms with E-state index in [4.69, 9.17) is 18.9 Å². The molecule has 4 aliphatic heterocycles. The number of ketones is 2. The highest BCUT2D eigenvalue weighted by Gasteiger charge is 2.39. The normalized spacial score (nSPS) is 16.0. The fraction of sp³-hybridized carbons (Fsp3) is 0.351. The van der Waals surface area contributed by atoms with Crippen molar-refractivity contribution in [3.8, 4) is 23.0 Å². The molecule has 0 saturated heterocycles. The summed E-state index contributed by atoms with van der Waals surface area (Å²) in [6, 6.07) is 28.6. The zero-order valence-electron chi connectivity index (χ0n) is 41.3. The Morgan fingerprint density at radius 1 is 0.562 bits per heavy atom. The fourth-order valence-electron chi connectivity index (χ4n) is 10.3. The van der Waals surface area contributed by atoms with Crippen molar-refractivity contribution in [2.45, 2.75) is 95.9 Å². The van der Waals surface area contributed by atoms with Crippen molar-refractivity contribution in [1.29, 1.82) is 0 Å².